The van der Waals surface area contributed by atoms with E-state index in [1.54, 1.807) is 30.2 Å². The molecule has 1 aromatic heterocycles. The molecule has 0 radical (unpaired) electrons. The van der Waals surface area contributed by atoms with Crippen molar-refractivity contribution in [3.63, 3.8) is 0 Å². The third kappa shape index (κ3) is 4.56. The first-order chi connectivity index (χ1) is 10.8. The van der Waals surface area contributed by atoms with E-state index in [9.17, 15) is 18.0 Å². The number of carbonyl (C=O) groups excluding carboxylic acids is 1. The summed E-state index contributed by atoms with van der Waals surface area (Å²) in [4.78, 5) is 15.1. The molecule has 1 atom stereocenters. The average molecular weight is 342 g/mol. The predicted octanol–water partition coefficient (Wildman–Crippen LogP) is 4.23. The Hall–Kier alpha value is -1.86. The first-order valence-electron chi connectivity index (χ1n) is 6.98. The first-order valence-corrected chi connectivity index (χ1v) is 7.86. The Morgan fingerprint density at radius 2 is 1.96 bits per heavy atom. The summed E-state index contributed by atoms with van der Waals surface area (Å²) >= 11 is 1.57. The second kappa shape index (κ2) is 7.14. The molecule has 0 bridgehead atoms. The van der Waals surface area contributed by atoms with Gasteiger partial charge in [-0.1, -0.05) is 18.2 Å². The fraction of sp³-hybridized carbons (Fsp3) is 0.312. The van der Waals surface area contributed by atoms with E-state index in [-0.39, 0.29) is 5.69 Å². The lowest BCUT2D eigenvalue weighted by atomic mass is 10.1. The summed E-state index contributed by atoms with van der Waals surface area (Å²) in [6.07, 6.45) is -4.50. The summed E-state index contributed by atoms with van der Waals surface area (Å²) in [5.74, 6) is -0.472. The lowest BCUT2D eigenvalue weighted by Crippen LogP contribution is -2.39. The summed E-state index contributed by atoms with van der Waals surface area (Å²) in [6, 6.07) is 8.28. The summed E-state index contributed by atoms with van der Waals surface area (Å²) in [7, 11) is 1.76. The monoisotopic (exact) mass is 342 g/mol. The molecular formula is C16H17F3N2OS. The number of likely N-dealkylation sites (N-methyl/N-ethyl adjacent to an activating group) is 1. The second-order valence-electron chi connectivity index (χ2n) is 5.20. The standard InChI is InChI=1S/C16H17F3N2OS/c1-11(21(2)10-12-6-5-9-23-12)15(22)20-14-8-4-3-7-13(14)16(17,18)19/h3-9,11H,10H2,1-2H3,(H,20,22). The number of nitrogens with one attached hydrogen (secondary N) is 1. The van der Waals surface area contributed by atoms with E-state index in [1.165, 1.54) is 18.2 Å². The molecule has 0 saturated carbocycles. The van der Waals surface area contributed by atoms with E-state index in [0.29, 0.717) is 6.54 Å². The lowest BCUT2D eigenvalue weighted by molar-refractivity contribution is -0.137. The van der Waals surface area contributed by atoms with Crippen LogP contribution in [0.2, 0.25) is 0 Å². The first kappa shape index (κ1) is 17.5. The van der Waals surface area contributed by atoms with Crippen LogP contribution in [0.5, 0.6) is 0 Å². The van der Waals surface area contributed by atoms with E-state index in [1.807, 2.05) is 17.5 Å². The maximum Gasteiger partial charge on any atom is 0.418 e. The Labute approximate surface area is 136 Å². The van der Waals surface area contributed by atoms with Gasteiger partial charge in [0, 0.05) is 11.4 Å². The highest BCUT2D eigenvalue weighted by atomic mass is 32.1. The van der Waals surface area contributed by atoms with Crippen molar-refractivity contribution < 1.29 is 18.0 Å². The fourth-order valence-corrected chi connectivity index (χ4v) is 2.83. The zero-order valence-corrected chi connectivity index (χ0v) is 13.5. The molecule has 0 spiro atoms. The molecule has 1 aromatic carbocycles. The number of amides is 1. The molecule has 1 amide bonds. The molecule has 1 N–H and O–H groups in total. The molecule has 2 rings (SSSR count). The molecule has 2 aromatic rings. The molecule has 1 unspecified atom stereocenters. The lowest BCUT2D eigenvalue weighted by Gasteiger charge is -2.24. The van der Waals surface area contributed by atoms with Crippen LogP contribution >= 0.6 is 11.3 Å². The van der Waals surface area contributed by atoms with Crippen molar-refractivity contribution >= 4 is 22.9 Å². The number of hydrogen-bond acceptors (Lipinski definition) is 3. The van der Waals surface area contributed by atoms with E-state index in [4.69, 9.17) is 0 Å². The van der Waals surface area contributed by atoms with Gasteiger partial charge in [0.25, 0.3) is 0 Å². The molecule has 0 saturated heterocycles. The summed E-state index contributed by atoms with van der Waals surface area (Å²) in [5, 5.41) is 4.32. The van der Waals surface area contributed by atoms with Crippen LogP contribution in [0.3, 0.4) is 0 Å². The maximum atomic E-state index is 13.0. The van der Waals surface area contributed by atoms with Crippen LogP contribution in [-0.2, 0) is 17.5 Å². The van der Waals surface area contributed by atoms with E-state index >= 15 is 0 Å². The van der Waals surface area contributed by atoms with Crippen molar-refractivity contribution in [3.05, 3.63) is 52.2 Å². The van der Waals surface area contributed by atoms with Crippen LogP contribution in [0.4, 0.5) is 18.9 Å². The van der Waals surface area contributed by atoms with Crippen molar-refractivity contribution in [3.8, 4) is 0 Å². The number of nitrogens with zero attached hydrogens (tertiary/aromatic N) is 1. The number of para-hydroxylation sites is 1. The number of thiophene rings is 1. The maximum absolute atomic E-state index is 13.0. The number of rotatable bonds is 5. The molecule has 23 heavy (non-hydrogen) atoms. The second-order valence-corrected chi connectivity index (χ2v) is 6.24. The van der Waals surface area contributed by atoms with Gasteiger partial charge in [-0.15, -0.1) is 11.3 Å². The average Bonchev–Trinajstić information content (AvgIpc) is 2.98. The number of halogens is 3. The van der Waals surface area contributed by atoms with Crippen molar-refractivity contribution in [2.75, 3.05) is 12.4 Å². The Balaban J connectivity index is 2.07. The van der Waals surface area contributed by atoms with Crippen LogP contribution < -0.4 is 5.32 Å². The molecule has 0 aliphatic rings. The minimum absolute atomic E-state index is 0.221. The normalized spacial score (nSPS) is 13.1. The third-order valence-electron chi connectivity index (χ3n) is 3.52. The van der Waals surface area contributed by atoms with Crippen LogP contribution in [0.15, 0.2) is 41.8 Å². The molecule has 1 heterocycles. The predicted molar refractivity (Wildman–Crippen MR) is 85.3 cm³/mol. The highest BCUT2D eigenvalue weighted by Gasteiger charge is 2.34. The van der Waals surface area contributed by atoms with Gasteiger partial charge in [0.1, 0.15) is 0 Å². The smallest absolute Gasteiger partial charge is 0.324 e. The largest absolute Gasteiger partial charge is 0.418 e. The number of alkyl halides is 3. The van der Waals surface area contributed by atoms with Gasteiger partial charge < -0.3 is 5.32 Å². The SMILES string of the molecule is CC(C(=O)Nc1ccccc1C(F)(F)F)N(C)Cc1cccs1. The summed E-state index contributed by atoms with van der Waals surface area (Å²) in [5.41, 5.74) is -1.07. The Bertz CT molecular complexity index is 656. The number of benzene rings is 1. The molecule has 0 aliphatic carbocycles. The highest BCUT2D eigenvalue weighted by Crippen LogP contribution is 2.34. The van der Waals surface area contributed by atoms with Gasteiger partial charge in [-0.3, -0.25) is 9.69 Å². The summed E-state index contributed by atoms with van der Waals surface area (Å²) < 4.78 is 38.9. The number of carbonyl (C=O) groups is 1. The van der Waals surface area contributed by atoms with Gasteiger partial charge in [-0.25, -0.2) is 0 Å². The van der Waals surface area contributed by atoms with Gasteiger partial charge >= 0.3 is 6.18 Å². The van der Waals surface area contributed by atoms with Crippen molar-refractivity contribution in [1.29, 1.82) is 0 Å². The summed E-state index contributed by atoms with van der Waals surface area (Å²) in [6.45, 7) is 2.23. The molecule has 3 nitrogen and oxygen atoms in total. The number of anilines is 1. The van der Waals surface area contributed by atoms with E-state index in [2.05, 4.69) is 5.32 Å². The van der Waals surface area contributed by atoms with Crippen molar-refractivity contribution in [1.82, 2.24) is 4.90 Å². The van der Waals surface area contributed by atoms with Crippen LogP contribution in [0.1, 0.15) is 17.4 Å². The zero-order chi connectivity index (χ0) is 17.0. The quantitative estimate of drug-likeness (QED) is 0.882. The Morgan fingerprint density at radius 3 is 2.57 bits per heavy atom. The Morgan fingerprint density at radius 1 is 1.26 bits per heavy atom. The van der Waals surface area contributed by atoms with Gasteiger partial charge in [0.15, 0.2) is 0 Å². The minimum atomic E-state index is -4.50. The van der Waals surface area contributed by atoms with Crippen LogP contribution in [0, 0.1) is 0 Å². The van der Waals surface area contributed by atoms with E-state index < -0.39 is 23.7 Å². The van der Waals surface area contributed by atoms with Gasteiger partial charge in [-0.2, -0.15) is 13.2 Å². The molecule has 0 fully saturated rings. The minimum Gasteiger partial charge on any atom is -0.324 e. The third-order valence-corrected chi connectivity index (χ3v) is 4.38. The number of hydrogen-bond donors (Lipinski definition) is 1. The molecule has 7 heteroatoms. The highest BCUT2D eigenvalue weighted by molar-refractivity contribution is 7.09. The molecular weight excluding hydrogens is 325 g/mol. The topological polar surface area (TPSA) is 32.3 Å². The van der Waals surface area contributed by atoms with Crippen molar-refractivity contribution in [2.45, 2.75) is 25.7 Å². The fourth-order valence-electron chi connectivity index (χ4n) is 2.06. The Kier molecular flexibility index (Phi) is 5.43. The van der Waals surface area contributed by atoms with Crippen molar-refractivity contribution in [2.24, 2.45) is 0 Å². The van der Waals surface area contributed by atoms with Gasteiger partial charge in [0.05, 0.1) is 17.3 Å². The van der Waals surface area contributed by atoms with E-state index in [0.717, 1.165) is 10.9 Å². The van der Waals surface area contributed by atoms with Gasteiger partial charge in [-0.05, 0) is 37.6 Å². The van der Waals surface area contributed by atoms with Gasteiger partial charge in [0.2, 0.25) is 5.91 Å². The molecule has 124 valence electrons. The molecule has 0 aliphatic heterocycles. The van der Waals surface area contributed by atoms with Crippen LogP contribution in [0.25, 0.3) is 0 Å². The van der Waals surface area contributed by atoms with Crippen LogP contribution in [-0.4, -0.2) is 23.9 Å². The zero-order valence-electron chi connectivity index (χ0n) is 12.7.